The van der Waals surface area contributed by atoms with E-state index >= 15 is 8.78 Å². The summed E-state index contributed by atoms with van der Waals surface area (Å²) >= 11 is 0. The lowest BCUT2D eigenvalue weighted by molar-refractivity contribution is -0.195. The molecule has 0 aliphatic heterocycles. The van der Waals surface area contributed by atoms with E-state index in [2.05, 4.69) is 4.74 Å². The summed E-state index contributed by atoms with van der Waals surface area (Å²) in [6.07, 6.45) is -8.99. The van der Waals surface area contributed by atoms with Gasteiger partial charge in [0.25, 0.3) is 0 Å². The largest absolute Gasteiger partial charge is 0.480 e. The number of hydrogen-bond acceptors (Lipinski definition) is 2. The van der Waals surface area contributed by atoms with E-state index < -0.39 is 82.7 Å². The number of aryl methyl sites for hydroxylation is 1. The molecule has 1 fully saturated rings. The highest BCUT2D eigenvalue weighted by Crippen LogP contribution is 2.44. The fourth-order valence-corrected chi connectivity index (χ4v) is 5.34. The van der Waals surface area contributed by atoms with E-state index in [9.17, 15) is 39.5 Å². The van der Waals surface area contributed by atoms with Gasteiger partial charge in [0.1, 0.15) is 29.0 Å². The Morgan fingerprint density at radius 1 is 0.778 bits per heavy atom. The summed E-state index contributed by atoms with van der Waals surface area (Å²) in [7, 11) is 0. The van der Waals surface area contributed by atoms with Crippen LogP contribution >= 0.6 is 0 Å². The summed E-state index contributed by atoms with van der Waals surface area (Å²) in [4.78, 5) is 0. The molecule has 4 rings (SSSR count). The Hall–Kier alpha value is -3.77. The third-order valence-corrected chi connectivity index (χ3v) is 7.48. The van der Waals surface area contributed by atoms with Gasteiger partial charge in [0.05, 0.1) is 0 Å². The second kappa shape index (κ2) is 13.7. The van der Waals surface area contributed by atoms with E-state index in [0.29, 0.717) is 18.1 Å². The molecule has 13 heteroatoms. The molecule has 45 heavy (non-hydrogen) atoms. The van der Waals surface area contributed by atoms with Gasteiger partial charge in [-0.2, -0.15) is 26.3 Å². The first-order valence-electron chi connectivity index (χ1n) is 14.0. The molecular formula is C32H27F11O2. The van der Waals surface area contributed by atoms with Gasteiger partial charge in [0.15, 0.2) is 18.2 Å². The molecule has 0 bridgehead atoms. The quantitative estimate of drug-likeness (QED) is 0.203. The number of halogens is 11. The Kier molecular flexibility index (Phi) is 10.4. The van der Waals surface area contributed by atoms with Gasteiger partial charge in [0, 0.05) is 23.1 Å². The van der Waals surface area contributed by atoms with Crippen LogP contribution in [-0.4, -0.2) is 18.9 Å². The molecule has 0 saturated heterocycles. The maximum Gasteiger partial charge on any atom is 0.445 e. The van der Waals surface area contributed by atoms with Crippen molar-refractivity contribution >= 4 is 0 Å². The van der Waals surface area contributed by atoms with Crippen molar-refractivity contribution in [3.8, 4) is 22.6 Å². The van der Waals surface area contributed by atoms with Crippen molar-refractivity contribution in [1.82, 2.24) is 0 Å². The van der Waals surface area contributed by atoms with Crippen molar-refractivity contribution in [2.24, 2.45) is 5.92 Å². The number of rotatable bonds is 10. The minimum atomic E-state index is -5.48. The van der Waals surface area contributed by atoms with Crippen LogP contribution in [0, 0.1) is 29.2 Å². The molecule has 0 aromatic heterocycles. The molecule has 0 unspecified atom stereocenters. The lowest BCUT2D eigenvalue weighted by atomic mass is 9.77. The van der Waals surface area contributed by atoms with E-state index in [0.717, 1.165) is 30.7 Å². The molecule has 1 aliphatic carbocycles. The molecule has 244 valence electrons. The molecule has 0 atom stereocenters. The summed E-state index contributed by atoms with van der Waals surface area (Å²) in [6, 6.07) is 7.95. The van der Waals surface area contributed by atoms with Gasteiger partial charge in [-0.1, -0.05) is 19.4 Å². The molecule has 3 aromatic rings. The summed E-state index contributed by atoms with van der Waals surface area (Å²) in [6.45, 7) is 0.487. The second-order valence-corrected chi connectivity index (χ2v) is 10.7. The van der Waals surface area contributed by atoms with Gasteiger partial charge in [-0.25, -0.2) is 22.0 Å². The number of ether oxygens (including phenoxy) is 2. The molecule has 0 heterocycles. The predicted molar refractivity (Wildman–Crippen MR) is 143 cm³/mol. The lowest BCUT2D eigenvalue weighted by Gasteiger charge is -2.29. The van der Waals surface area contributed by atoms with Crippen molar-refractivity contribution in [2.45, 2.75) is 63.7 Å². The maximum absolute atomic E-state index is 15.0. The minimum Gasteiger partial charge on any atom is -0.480 e. The smallest absolute Gasteiger partial charge is 0.445 e. The van der Waals surface area contributed by atoms with Crippen LogP contribution in [-0.2, 0) is 6.42 Å². The van der Waals surface area contributed by atoms with Crippen LogP contribution in [0.4, 0.5) is 48.3 Å². The van der Waals surface area contributed by atoms with Crippen molar-refractivity contribution in [1.29, 1.82) is 0 Å². The highest BCUT2D eigenvalue weighted by Gasteiger charge is 2.41. The van der Waals surface area contributed by atoms with Crippen LogP contribution in [0.25, 0.3) is 11.1 Å². The number of benzene rings is 3. The Morgan fingerprint density at radius 3 is 1.98 bits per heavy atom. The van der Waals surface area contributed by atoms with Crippen molar-refractivity contribution in [3.05, 3.63) is 94.6 Å². The minimum absolute atomic E-state index is 0.133. The Morgan fingerprint density at radius 2 is 1.42 bits per heavy atom. The van der Waals surface area contributed by atoms with Gasteiger partial charge < -0.3 is 9.47 Å². The topological polar surface area (TPSA) is 18.5 Å². The monoisotopic (exact) mass is 652 g/mol. The van der Waals surface area contributed by atoms with E-state index in [1.54, 1.807) is 0 Å². The predicted octanol–water partition coefficient (Wildman–Crippen LogP) is 10.9. The van der Waals surface area contributed by atoms with Gasteiger partial charge >= 0.3 is 12.3 Å². The van der Waals surface area contributed by atoms with Crippen molar-refractivity contribution < 1.29 is 57.8 Å². The molecule has 0 radical (unpaired) electrons. The van der Waals surface area contributed by atoms with Crippen LogP contribution < -0.4 is 9.47 Å². The fraction of sp³-hybridized carbons (Fsp3) is 0.375. The molecule has 1 aliphatic rings. The fourth-order valence-electron chi connectivity index (χ4n) is 5.34. The molecular weight excluding hydrogens is 625 g/mol. The zero-order valence-electron chi connectivity index (χ0n) is 23.7. The highest BCUT2D eigenvalue weighted by atomic mass is 19.4. The zero-order valence-corrected chi connectivity index (χ0v) is 23.7. The van der Waals surface area contributed by atoms with Crippen LogP contribution in [0.5, 0.6) is 11.5 Å². The van der Waals surface area contributed by atoms with E-state index in [4.69, 9.17) is 4.74 Å². The van der Waals surface area contributed by atoms with E-state index in [1.165, 1.54) is 18.2 Å². The molecule has 3 aromatic carbocycles. The standard InChI is InChI=1S/C32H27F11O2/c1-2-3-17-4-11-27(24(34)12-17)44-16-31(39,40)45-21-9-10-22(23(33)15-21)20-13-25(35)28(26(36)14-20)18-5-7-19(8-6-18)29(37)30(38)32(41,42)43/h4,9-15,18-19H,2-3,5-8,16H2,1H3/b30-29+. The van der Waals surface area contributed by atoms with Crippen LogP contribution in [0.1, 0.15) is 56.1 Å². The summed E-state index contributed by atoms with van der Waals surface area (Å²) in [5, 5.41) is 0. The third-order valence-electron chi connectivity index (χ3n) is 7.48. The summed E-state index contributed by atoms with van der Waals surface area (Å²) in [5.74, 6) is -12.3. The summed E-state index contributed by atoms with van der Waals surface area (Å²) in [5.41, 5.74) is -0.425. The number of hydrogen-bond donors (Lipinski definition) is 0. The first kappa shape index (κ1) is 34.1. The first-order chi connectivity index (χ1) is 21.1. The average molecular weight is 653 g/mol. The van der Waals surface area contributed by atoms with Crippen LogP contribution in [0.3, 0.4) is 0 Å². The zero-order chi connectivity index (χ0) is 33.1. The Bertz CT molecular complexity index is 1520. The Balaban J connectivity index is 1.43. The van der Waals surface area contributed by atoms with Gasteiger partial charge in [-0.15, -0.1) is 0 Å². The van der Waals surface area contributed by atoms with Gasteiger partial charge in [-0.3, -0.25) is 0 Å². The molecule has 0 amide bonds. The number of alkyl halides is 5. The van der Waals surface area contributed by atoms with Crippen LogP contribution in [0.15, 0.2) is 60.2 Å². The molecule has 1 saturated carbocycles. The van der Waals surface area contributed by atoms with E-state index in [1.807, 2.05) is 6.92 Å². The SMILES string of the molecule is CCCc1ccc(OCC(F)(F)Oc2ccc(-c3cc(F)c(C4CCC(/C(F)=C(\F)C(F)(F)F)CC4)c(F)c3)c(F)c2)c(F)c1. The van der Waals surface area contributed by atoms with Gasteiger partial charge in [-0.05, 0) is 85.5 Å². The maximum atomic E-state index is 15.0. The molecule has 0 spiro atoms. The highest BCUT2D eigenvalue weighted by molar-refractivity contribution is 5.66. The van der Waals surface area contributed by atoms with Crippen LogP contribution in [0.2, 0.25) is 0 Å². The third kappa shape index (κ3) is 8.29. The normalized spacial score (nSPS) is 18.0. The van der Waals surface area contributed by atoms with Crippen molar-refractivity contribution in [2.75, 3.05) is 6.61 Å². The van der Waals surface area contributed by atoms with Gasteiger partial charge in [0.2, 0.25) is 5.83 Å². The first-order valence-corrected chi connectivity index (χ1v) is 14.0. The molecule has 0 N–H and O–H groups in total. The number of allylic oxidation sites excluding steroid dienone is 2. The summed E-state index contributed by atoms with van der Waals surface area (Å²) < 4.78 is 162. The van der Waals surface area contributed by atoms with Crippen molar-refractivity contribution in [3.63, 3.8) is 0 Å². The second-order valence-electron chi connectivity index (χ2n) is 10.7. The Labute approximate surface area is 251 Å². The molecule has 2 nitrogen and oxygen atoms in total. The average Bonchev–Trinajstić information content (AvgIpc) is 2.95. The van der Waals surface area contributed by atoms with E-state index in [-0.39, 0.29) is 36.8 Å². The lowest BCUT2D eigenvalue weighted by Crippen LogP contribution is -2.32.